The van der Waals surface area contributed by atoms with Crippen LogP contribution in [0, 0.1) is 18.6 Å². The van der Waals surface area contributed by atoms with Crippen LogP contribution in [0.2, 0.25) is 0 Å². The number of anilines is 1. The molecule has 0 bridgehead atoms. The van der Waals surface area contributed by atoms with Gasteiger partial charge in [0.25, 0.3) is 5.91 Å². The topological polar surface area (TPSA) is 56.1 Å². The summed E-state index contributed by atoms with van der Waals surface area (Å²) in [6, 6.07) is 10.5. The third-order valence-electron chi connectivity index (χ3n) is 3.98. The van der Waals surface area contributed by atoms with Gasteiger partial charge in [-0.25, -0.2) is 8.78 Å². The van der Waals surface area contributed by atoms with Crippen molar-refractivity contribution in [1.29, 1.82) is 0 Å². The molecule has 0 saturated carbocycles. The van der Waals surface area contributed by atoms with Crippen LogP contribution < -0.4 is 10.1 Å². The largest absolute Gasteiger partial charge is 0.496 e. The lowest BCUT2D eigenvalue weighted by Gasteiger charge is -2.11. The van der Waals surface area contributed by atoms with E-state index in [4.69, 9.17) is 4.74 Å². The molecule has 0 aliphatic carbocycles. The van der Waals surface area contributed by atoms with Crippen LogP contribution in [0.4, 0.5) is 14.6 Å². The summed E-state index contributed by atoms with van der Waals surface area (Å²) in [5.41, 5.74) is 1.36. The van der Waals surface area contributed by atoms with Gasteiger partial charge in [0.05, 0.1) is 13.7 Å². The smallest absolute Gasteiger partial charge is 0.262 e. The summed E-state index contributed by atoms with van der Waals surface area (Å²) < 4.78 is 34.3. The first-order valence-corrected chi connectivity index (χ1v) is 7.91. The molecule has 0 saturated heterocycles. The number of rotatable bonds is 5. The molecule has 1 N–H and O–H groups in total. The van der Waals surface area contributed by atoms with E-state index >= 15 is 0 Å². The third kappa shape index (κ3) is 3.56. The zero-order valence-electron chi connectivity index (χ0n) is 14.3. The summed E-state index contributed by atoms with van der Waals surface area (Å²) in [6.07, 6.45) is 1.67. The summed E-state index contributed by atoms with van der Waals surface area (Å²) in [5.74, 6) is -1.80. The molecule has 0 spiro atoms. The number of nitrogens with zero attached hydrogens (tertiary/aromatic N) is 2. The van der Waals surface area contributed by atoms with Crippen molar-refractivity contribution in [3.63, 3.8) is 0 Å². The van der Waals surface area contributed by atoms with Crippen LogP contribution in [0.3, 0.4) is 0 Å². The summed E-state index contributed by atoms with van der Waals surface area (Å²) in [4.78, 5) is 12.1. The first-order chi connectivity index (χ1) is 12.5. The van der Waals surface area contributed by atoms with Crippen LogP contribution in [0.5, 0.6) is 5.75 Å². The number of benzene rings is 2. The Morgan fingerprint density at radius 1 is 1.15 bits per heavy atom. The van der Waals surface area contributed by atoms with Gasteiger partial charge in [-0.1, -0.05) is 18.2 Å². The van der Waals surface area contributed by atoms with E-state index in [0.717, 1.165) is 29.0 Å². The molecule has 0 atom stereocenters. The quantitative estimate of drug-likeness (QED) is 0.756. The van der Waals surface area contributed by atoms with Crippen LogP contribution >= 0.6 is 0 Å². The third-order valence-corrected chi connectivity index (χ3v) is 3.98. The van der Waals surface area contributed by atoms with Gasteiger partial charge in [0.1, 0.15) is 22.9 Å². The number of halogens is 2. The van der Waals surface area contributed by atoms with Gasteiger partial charge in [-0.05, 0) is 30.7 Å². The Bertz CT molecular complexity index is 933. The Morgan fingerprint density at radius 2 is 1.85 bits per heavy atom. The Hall–Kier alpha value is -3.22. The lowest BCUT2D eigenvalue weighted by Crippen LogP contribution is -2.16. The monoisotopic (exact) mass is 357 g/mol. The van der Waals surface area contributed by atoms with Gasteiger partial charge >= 0.3 is 0 Å². The number of hydrogen-bond donors (Lipinski definition) is 1. The first-order valence-electron chi connectivity index (χ1n) is 7.91. The highest BCUT2D eigenvalue weighted by atomic mass is 19.1. The maximum absolute atomic E-state index is 13.7. The molecule has 2 aromatic carbocycles. The average molecular weight is 357 g/mol. The highest BCUT2D eigenvalue weighted by Gasteiger charge is 2.18. The SMILES string of the molecule is COc1cccc(C)c1Cn1ccc(NC(=O)c2c(F)cccc2F)n1. The number of aromatic nitrogens is 2. The first kappa shape index (κ1) is 17.6. The van der Waals surface area contributed by atoms with Crippen molar-refractivity contribution < 1.29 is 18.3 Å². The van der Waals surface area contributed by atoms with Crippen molar-refractivity contribution in [2.24, 2.45) is 0 Å². The van der Waals surface area contributed by atoms with Gasteiger partial charge in [0.15, 0.2) is 5.82 Å². The summed E-state index contributed by atoms with van der Waals surface area (Å²) >= 11 is 0. The van der Waals surface area contributed by atoms with E-state index in [1.165, 1.54) is 6.07 Å². The lowest BCUT2D eigenvalue weighted by molar-refractivity contribution is 0.101. The summed E-state index contributed by atoms with van der Waals surface area (Å²) in [7, 11) is 1.59. The maximum Gasteiger partial charge on any atom is 0.262 e. The molecule has 0 aliphatic rings. The van der Waals surface area contributed by atoms with Gasteiger partial charge in [-0.2, -0.15) is 5.10 Å². The molecule has 1 amide bonds. The number of methoxy groups -OCH3 is 1. The second-order valence-electron chi connectivity index (χ2n) is 5.71. The van der Waals surface area contributed by atoms with Gasteiger partial charge in [0, 0.05) is 17.8 Å². The van der Waals surface area contributed by atoms with E-state index < -0.39 is 23.1 Å². The average Bonchev–Trinajstić information content (AvgIpc) is 3.03. The molecular formula is C19H17F2N3O2. The van der Waals surface area contributed by atoms with Crippen molar-refractivity contribution in [2.75, 3.05) is 12.4 Å². The van der Waals surface area contributed by atoms with Crippen LogP contribution in [0.1, 0.15) is 21.5 Å². The zero-order chi connectivity index (χ0) is 18.7. The maximum atomic E-state index is 13.7. The summed E-state index contributed by atoms with van der Waals surface area (Å²) in [6.45, 7) is 2.39. The lowest BCUT2D eigenvalue weighted by atomic mass is 10.1. The number of ether oxygens (including phenoxy) is 1. The standard InChI is InChI=1S/C19H17F2N3O2/c1-12-5-3-8-16(26-2)13(12)11-24-10-9-17(23-24)22-19(25)18-14(20)6-4-7-15(18)21/h3-10H,11H2,1-2H3,(H,22,23,25). The second kappa shape index (κ2) is 7.35. The van der Waals surface area contributed by atoms with E-state index in [9.17, 15) is 13.6 Å². The molecule has 0 unspecified atom stereocenters. The Labute approximate surface area is 149 Å². The molecule has 7 heteroatoms. The van der Waals surface area contributed by atoms with Crippen LogP contribution in [-0.2, 0) is 6.54 Å². The minimum atomic E-state index is -0.924. The number of hydrogen-bond acceptors (Lipinski definition) is 3. The second-order valence-corrected chi connectivity index (χ2v) is 5.71. The van der Waals surface area contributed by atoms with Crippen molar-refractivity contribution in [3.8, 4) is 5.75 Å². The molecule has 3 rings (SSSR count). The highest BCUT2D eigenvalue weighted by molar-refractivity contribution is 6.04. The van der Waals surface area contributed by atoms with Crippen molar-refractivity contribution in [2.45, 2.75) is 13.5 Å². The number of carbonyl (C=O) groups is 1. The molecular weight excluding hydrogens is 340 g/mol. The molecule has 134 valence electrons. The number of aryl methyl sites for hydroxylation is 1. The molecule has 5 nitrogen and oxygen atoms in total. The predicted octanol–water partition coefficient (Wildman–Crippen LogP) is 3.78. The molecule has 0 fully saturated rings. The van der Waals surface area contributed by atoms with Crippen molar-refractivity contribution in [3.05, 3.63) is 77.0 Å². The molecule has 0 radical (unpaired) electrons. The fourth-order valence-electron chi connectivity index (χ4n) is 2.64. The van der Waals surface area contributed by atoms with Gasteiger partial charge in [-0.3, -0.25) is 9.48 Å². The normalized spacial score (nSPS) is 10.6. The molecule has 26 heavy (non-hydrogen) atoms. The Morgan fingerprint density at radius 3 is 2.54 bits per heavy atom. The van der Waals surface area contributed by atoms with Crippen molar-refractivity contribution >= 4 is 11.7 Å². The van der Waals surface area contributed by atoms with Crippen LogP contribution in [0.15, 0.2) is 48.7 Å². The predicted molar refractivity (Wildman–Crippen MR) is 93.4 cm³/mol. The van der Waals surface area contributed by atoms with Crippen molar-refractivity contribution in [1.82, 2.24) is 9.78 Å². The van der Waals surface area contributed by atoms with Gasteiger partial charge in [0.2, 0.25) is 0 Å². The number of amides is 1. The molecule has 1 aromatic heterocycles. The van der Waals surface area contributed by atoms with E-state index in [-0.39, 0.29) is 5.82 Å². The number of nitrogens with one attached hydrogen (secondary N) is 1. The van der Waals surface area contributed by atoms with Crippen LogP contribution in [-0.4, -0.2) is 22.8 Å². The minimum absolute atomic E-state index is 0.199. The van der Waals surface area contributed by atoms with E-state index in [2.05, 4.69) is 10.4 Å². The molecule has 0 aliphatic heterocycles. The fraction of sp³-hybridized carbons (Fsp3) is 0.158. The van der Waals surface area contributed by atoms with Gasteiger partial charge < -0.3 is 10.1 Å². The molecule has 1 heterocycles. The Kier molecular flexibility index (Phi) is 4.97. The minimum Gasteiger partial charge on any atom is -0.496 e. The van der Waals surface area contributed by atoms with E-state index in [1.807, 2.05) is 25.1 Å². The van der Waals surface area contributed by atoms with E-state index in [1.54, 1.807) is 24.1 Å². The fourth-order valence-corrected chi connectivity index (χ4v) is 2.64. The molecule has 3 aromatic rings. The Balaban J connectivity index is 1.78. The van der Waals surface area contributed by atoms with Crippen LogP contribution in [0.25, 0.3) is 0 Å². The number of carbonyl (C=O) groups excluding carboxylic acids is 1. The zero-order valence-corrected chi connectivity index (χ0v) is 14.3. The highest BCUT2D eigenvalue weighted by Crippen LogP contribution is 2.23. The summed E-state index contributed by atoms with van der Waals surface area (Å²) in [5, 5.41) is 6.64. The van der Waals surface area contributed by atoms with E-state index in [0.29, 0.717) is 6.54 Å². The van der Waals surface area contributed by atoms with Gasteiger partial charge in [-0.15, -0.1) is 0 Å².